The molecule has 1 aliphatic carbocycles. The Bertz CT molecular complexity index is 1080. The minimum atomic E-state index is -2.00. The van der Waals surface area contributed by atoms with Gasteiger partial charge in [-0.25, -0.2) is 0 Å². The lowest BCUT2D eigenvalue weighted by Gasteiger charge is -2.29. The second kappa shape index (κ2) is 8.78. The van der Waals surface area contributed by atoms with E-state index < -0.39 is 12.9 Å². The summed E-state index contributed by atoms with van der Waals surface area (Å²) in [5.41, 5.74) is 2.56. The van der Waals surface area contributed by atoms with Crippen LogP contribution in [0.3, 0.4) is 0 Å². The van der Waals surface area contributed by atoms with E-state index in [-0.39, 0.29) is 17.7 Å². The second-order valence-corrected chi connectivity index (χ2v) is 7.91. The molecule has 3 aromatic rings. The number of ketones is 1. The smallest absolute Gasteiger partial charge is 0.141 e. The number of rotatable bonds is 6. The van der Waals surface area contributed by atoms with Gasteiger partial charge in [0.15, 0.2) is 0 Å². The third-order valence-corrected chi connectivity index (χ3v) is 5.66. The molecule has 4 rings (SSSR count). The summed E-state index contributed by atoms with van der Waals surface area (Å²) < 4.78 is 22.5. The van der Waals surface area contributed by atoms with Gasteiger partial charge >= 0.3 is 0 Å². The zero-order chi connectivity index (χ0) is 22.7. The van der Waals surface area contributed by atoms with Gasteiger partial charge in [-0.3, -0.25) is 19.7 Å². The molecule has 2 aromatic heterocycles. The molecule has 0 aliphatic heterocycles. The average Bonchev–Trinajstić information content (AvgIpc) is 2.79. The van der Waals surface area contributed by atoms with E-state index in [0.29, 0.717) is 6.42 Å². The van der Waals surface area contributed by atoms with E-state index in [1.807, 2.05) is 24.4 Å². The fourth-order valence-electron chi connectivity index (χ4n) is 4.15. The van der Waals surface area contributed by atoms with Crippen LogP contribution in [-0.4, -0.2) is 32.8 Å². The van der Waals surface area contributed by atoms with E-state index in [2.05, 4.69) is 26.3 Å². The van der Waals surface area contributed by atoms with Gasteiger partial charge in [-0.2, -0.15) is 0 Å². The molecule has 0 spiro atoms. The molecule has 5 nitrogen and oxygen atoms in total. The number of hydrogen-bond donors (Lipinski definition) is 1. The average molecular weight is 392 g/mol. The number of benzene rings is 1. The Labute approximate surface area is 176 Å². The fraction of sp³-hybridized carbons (Fsp3) is 0.417. The van der Waals surface area contributed by atoms with E-state index in [1.165, 1.54) is 0 Å². The van der Waals surface area contributed by atoms with Crippen LogP contribution in [0.25, 0.3) is 22.0 Å². The van der Waals surface area contributed by atoms with Crippen molar-refractivity contribution in [3.8, 4) is 11.3 Å². The Balaban J connectivity index is 1.38. The van der Waals surface area contributed by atoms with Crippen molar-refractivity contribution in [2.45, 2.75) is 58.0 Å². The quantitative estimate of drug-likeness (QED) is 0.676. The highest BCUT2D eigenvalue weighted by Crippen LogP contribution is 2.27. The first kappa shape index (κ1) is 16.2. The molecule has 0 amide bonds. The van der Waals surface area contributed by atoms with Crippen LogP contribution in [0.1, 0.15) is 49.3 Å². The SMILES string of the molecule is [2H]C([2H])([2H])C(C)NC1CCC(C(=O)Cc2cc3cc(-c4cnccn4)ccc3cn2)CC1. The van der Waals surface area contributed by atoms with Crippen molar-refractivity contribution in [1.82, 2.24) is 20.3 Å². The van der Waals surface area contributed by atoms with Crippen LogP contribution in [-0.2, 0) is 11.2 Å². The summed E-state index contributed by atoms with van der Waals surface area (Å²) in [5.74, 6) is 0.226. The van der Waals surface area contributed by atoms with Gasteiger partial charge in [0.25, 0.3) is 0 Å². The predicted octanol–water partition coefficient (Wildman–Crippen LogP) is 4.36. The standard InChI is InChI=1S/C24H28N4O/c1-16(2)28-21-7-5-17(6-8-21)24(29)13-22-12-20-11-18(3-4-19(20)14-27-22)23-15-25-9-10-26-23/h3-4,9-12,14-17,21,28H,5-8,13H2,1-2H3/i1D3. The normalized spacial score (nSPS) is 22.4. The van der Waals surface area contributed by atoms with Crippen molar-refractivity contribution < 1.29 is 8.91 Å². The third-order valence-electron chi connectivity index (χ3n) is 5.66. The lowest BCUT2D eigenvalue weighted by Crippen LogP contribution is -2.38. The monoisotopic (exact) mass is 391 g/mol. The predicted molar refractivity (Wildman–Crippen MR) is 115 cm³/mol. The summed E-state index contributed by atoms with van der Waals surface area (Å²) in [6.07, 6.45) is 10.4. The van der Waals surface area contributed by atoms with Gasteiger partial charge < -0.3 is 5.32 Å². The first-order valence-electron chi connectivity index (χ1n) is 11.7. The maximum Gasteiger partial charge on any atom is 0.141 e. The number of carbonyl (C=O) groups is 1. The van der Waals surface area contributed by atoms with Crippen LogP contribution in [0.4, 0.5) is 0 Å². The number of Topliss-reactive ketones (excluding diaryl/α,β-unsaturated/α-hetero) is 1. The van der Waals surface area contributed by atoms with Crippen molar-refractivity contribution >= 4 is 16.6 Å². The highest BCUT2D eigenvalue weighted by molar-refractivity contribution is 5.88. The number of aromatic nitrogens is 3. The summed E-state index contributed by atoms with van der Waals surface area (Å²) in [5, 5.41) is 5.25. The van der Waals surface area contributed by atoms with Crippen molar-refractivity contribution in [2.75, 3.05) is 0 Å². The van der Waals surface area contributed by atoms with Crippen LogP contribution >= 0.6 is 0 Å². The van der Waals surface area contributed by atoms with E-state index in [4.69, 9.17) is 4.11 Å². The van der Waals surface area contributed by atoms with E-state index >= 15 is 0 Å². The molecule has 0 bridgehead atoms. The molecule has 0 saturated heterocycles. The van der Waals surface area contributed by atoms with E-state index in [9.17, 15) is 4.79 Å². The van der Waals surface area contributed by atoms with Gasteiger partial charge in [0.2, 0.25) is 0 Å². The number of pyridine rings is 1. The maximum absolute atomic E-state index is 12.9. The maximum atomic E-state index is 12.9. The van der Waals surface area contributed by atoms with Crippen LogP contribution < -0.4 is 5.32 Å². The lowest BCUT2D eigenvalue weighted by molar-refractivity contribution is -0.123. The third kappa shape index (κ3) is 4.85. The Morgan fingerprint density at radius 3 is 2.76 bits per heavy atom. The number of carbonyl (C=O) groups excluding carboxylic acids is 1. The van der Waals surface area contributed by atoms with E-state index in [0.717, 1.165) is 53.4 Å². The van der Waals surface area contributed by atoms with Crippen LogP contribution in [0.2, 0.25) is 0 Å². The van der Waals surface area contributed by atoms with Gasteiger partial charge in [0.1, 0.15) is 5.78 Å². The molecule has 1 N–H and O–H groups in total. The summed E-state index contributed by atoms with van der Waals surface area (Å²) in [7, 11) is 0. The molecular weight excluding hydrogens is 360 g/mol. The van der Waals surface area contributed by atoms with E-state index in [1.54, 1.807) is 25.5 Å². The highest BCUT2D eigenvalue weighted by Gasteiger charge is 2.26. The Morgan fingerprint density at radius 2 is 2.00 bits per heavy atom. The number of nitrogens with zero attached hydrogens (tertiary/aromatic N) is 3. The van der Waals surface area contributed by atoms with Crippen molar-refractivity contribution in [3.05, 3.63) is 54.7 Å². The van der Waals surface area contributed by atoms with Crippen molar-refractivity contribution in [1.29, 1.82) is 0 Å². The second-order valence-electron chi connectivity index (χ2n) is 7.91. The first-order chi connectivity index (χ1) is 15.3. The van der Waals surface area contributed by atoms with Crippen LogP contribution in [0.5, 0.6) is 0 Å². The minimum Gasteiger partial charge on any atom is -0.312 e. The number of fused-ring (bicyclic) bond motifs is 1. The molecule has 1 atom stereocenters. The molecule has 2 heterocycles. The van der Waals surface area contributed by atoms with Gasteiger partial charge in [-0.05, 0) is 43.2 Å². The van der Waals surface area contributed by atoms with Gasteiger partial charge in [0.05, 0.1) is 11.9 Å². The first-order valence-corrected chi connectivity index (χ1v) is 10.2. The van der Waals surface area contributed by atoms with Crippen molar-refractivity contribution in [3.63, 3.8) is 0 Å². The summed E-state index contributed by atoms with van der Waals surface area (Å²) in [6, 6.07) is 7.67. The Hall–Kier alpha value is -2.66. The molecule has 150 valence electrons. The molecule has 29 heavy (non-hydrogen) atoms. The molecule has 5 heteroatoms. The van der Waals surface area contributed by atoms with Crippen LogP contribution in [0.15, 0.2) is 49.1 Å². The molecule has 1 fully saturated rings. The fourth-order valence-corrected chi connectivity index (χ4v) is 4.15. The largest absolute Gasteiger partial charge is 0.312 e. The molecular formula is C24H28N4O. The Morgan fingerprint density at radius 1 is 1.14 bits per heavy atom. The minimum absolute atomic E-state index is 0.0135. The topological polar surface area (TPSA) is 67.8 Å². The summed E-state index contributed by atoms with van der Waals surface area (Å²) in [6.45, 7) is -0.299. The zero-order valence-corrected chi connectivity index (χ0v) is 16.6. The number of hydrogen-bond acceptors (Lipinski definition) is 5. The van der Waals surface area contributed by atoms with Crippen LogP contribution in [0, 0.1) is 5.92 Å². The Kier molecular flexibility index (Phi) is 4.90. The lowest BCUT2D eigenvalue weighted by atomic mass is 9.82. The molecule has 1 unspecified atom stereocenters. The molecule has 1 saturated carbocycles. The number of nitrogens with one attached hydrogen (secondary N) is 1. The van der Waals surface area contributed by atoms with Gasteiger partial charge in [-0.1, -0.05) is 25.9 Å². The zero-order valence-electron chi connectivity index (χ0n) is 19.6. The molecule has 1 aliphatic rings. The summed E-state index contributed by atoms with van der Waals surface area (Å²) >= 11 is 0. The van der Waals surface area contributed by atoms with Crippen molar-refractivity contribution in [2.24, 2.45) is 5.92 Å². The molecule has 0 radical (unpaired) electrons. The highest BCUT2D eigenvalue weighted by atomic mass is 16.1. The summed E-state index contributed by atoms with van der Waals surface area (Å²) in [4.78, 5) is 25.9. The van der Waals surface area contributed by atoms with Gasteiger partial charge in [0, 0.05) is 63.8 Å². The molecule has 1 aromatic carbocycles. The van der Waals surface area contributed by atoms with Gasteiger partial charge in [-0.15, -0.1) is 0 Å².